The van der Waals surface area contributed by atoms with Crippen molar-refractivity contribution in [3.05, 3.63) is 53.9 Å². The van der Waals surface area contributed by atoms with Crippen LogP contribution in [-0.4, -0.2) is 12.1 Å². The van der Waals surface area contributed by atoms with Gasteiger partial charge in [0.1, 0.15) is 5.75 Å². The Hall–Kier alpha value is -2.03. The summed E-state index contributed by atoms with van der Waals surface area (Å²) in [6.45, 7) is 2.76. The van der Waals surface area contributed by atoms with Crippen molar-refractivity contribution in [1.29, 1.82) is 0 Å². The first kappa shape index (κ1) is 11.5. The van der Waals surface area contributed by atoms with E-state index in [1.807, 2.05) is 36.5 Å². The molecule has 0 bridgehead atoms. The molecule has 0 aliphatic rings. The highest BCUT2D eigenvalue weighted by molar-refractivity contribution is 5.56. The maximum Gasteiger partial charge on any atom is 0.141 e. The fraction of sp³-hybridized carbons (Fsp3) is 0.214. The highest BCUT2D eigenvalue weighted by atomic mass is 16.5. The third-order valence-corrected chi connectivity index (χ3v) is 2.67. The number of pyridine rings is 1. The molecule has 3 heteroatoms. The fourth-order valence-electron chi connectivity index (χ4n) is 1.67. The lowest BCUT2D eigenvalue weighted by Gasteiger charge is -2.11. The third kappa shape index (κ3) is 2.75. The second-order valence-corrected chi connectivity index (χ2v) is 3.82. The number of aryl methyl sites for hydroxylation is 1. The maximum atomic E-state index is 5.28. The van der Waals surface area contributed by atoms with Gasteiger partial charge in [-0.25, -0.2) is 0 Å². The lowest BCUT2D eigenvalue weighted by Crippen LogP contribution is -2.04. The molecule has 2 rings (SSSR count). The van der Waals surface area contributed by atoms with Gasteiger partial charge in [0.25, 0.3) is 0 Å². The Morgan fingerprint density at radius 2 is 2.00 bits per heavy atom. The van der Waals surface area contributed by atoms with Gasteiger partial charge in [0.15, 0.2) is 0 Å². The number of anilines is 1. The molecule has 17 heavy (non-hydrogen) atoms. The summed E-state index contributed by atoms with van der Waals surface area (Å²) < 4.78 is 5.28. The minimum Gasteiger partial charge on any atom is -0.495 e. The number of aromatic nitrogens is 1. The predicted octanol–water partition coefficient (Wildman–Crippen LogP) is 3.01. The summed E-state index contributed by atoms with van der Waals surface area (Å²) >= 11 is 0. The van der Waals surface area contributed by atoms with E-state index in [2.05, 4.69) is 23.3 Å². The van der Waals surface area contributed by atoms with Gasteiger partial charge in [-0.15, -0.1) is 0 Å². The molecular formula is C14H16N2O. The smallest absolute Gasteiger partial charge is 0.141 e. The van der Waals surface area contributed by atoms with Crippen LogP contribution in [0.2, 0.25) is 0 Å². The maximum absolute atomic E-state index is 5.28. The first-order valence-electron chi connectivity index (χ1n) is 5.58. The van der Waals surface area contributed by atoms with Gasteiger partial charge < -0.3 is 10.1 Å². The first-order valence-corrected chi connectivity index (χ1v) is 5.58. The summed E-state index contributed by atoms with van der Waals surface area (Å²) in [5.74, 6) is 0.848. The Balaban J connectivity index is 2.10. The molecule has 0 saturated carbocycles. The zero-order valence-electron chi connectivity index (χ0n) is 10.1. The van der Waals surface area contributed by atoms with E-state index in [1.54, 1.807) is 7.11 Å². The summed E-state index contributed by atoms with van der Waals surface area (Å²) in [4.78, 5) is 4.35. The van der Waals surface area contributed by atoms with Crippen LogP contribution in [0.1, 0.15) is 11.3 Å². The summed E-state index contributed by atoms with van der Waals surface area (Å²) in [5.41, 5.74) is 3.23. The third-order valence-electron chi connectivity index (χ3n) is 2.67. The molecule has 1 aromatic carbocycles. The molecule has 0 aliphatic carbocycles. The minimum absolute atomic E-state index is 0.701. The fourth-order valence-corrected chi connectivity index (χ4v) is 1.67. The van der Waals surface area contributed by atoms with Crippen molar-refractivity contribution in [3.63, 3.8) is 0 Å². The van der Waals surface area contributed by atoms with Crippen LogP contribution in [0, 0.1) is 6.92 Å². The first-order chi connectivity index (χ1) is 8.31. The Bertz CT molecular complexity index is 497. The van der Waals surface area contributed by atoms with E-state index in [-0.39, 0.29) is 0 Å². The van der Waals surface area contributed by atoms with Crippen LogP contribution in [0.25, 0.3) is 0 Å². The van der Waals surface area contributed by atoms with E-state index in [0.29, 0.717) is 6.54 Å². The van der Waals surface area contributed by atoms with Gasteiger partial charge in [0, 0.05) is 6.20 Å². The molecule has 0 spiro atoms. The van der Waals surface area contributed by atoms with Gasteiger partial charge in [0.05, 0.1) is 25.0 Å². The SMILES string of the molecule is COc1ccccc1NCc1ncccc1C. The van der Waals surface area contributed by atoms with E-state index in [4.69, 9.17) is 4.74 Å². The van der Waals surface area contributed by atoms with Crippen LogP contribution in [-0.2, 0) is 6.54 Å². The Labute approximate surface area is 101 Å². The van der Waals surface area contributed by atoms with Gasteiger partial charge in [-0.05, 0) is 30.7 Å². The van der Waals surface area contributed by atoms with Crippen molar-refractivity contribution >= 4 is 5.69 Å². The molecule has 0 saturated heterocycles. The van der Waals surface area contributed by atoms with Crippen LogP contribution in [0.15, 0.2) is 42.6 Å². The molecule has 0 aliphatic heterocycles. The monoisotopic (exact) mass is 228 g/mol. The number of methoxy groups -OCH3 is 1. The van der Waals surface area contributed by atoms with Gasteiger partial charge in [-0.2, -0.15) is 0 Å². The second-order valence-electron chi connectivity index (χ2n) is 3.82. The Morgan fingerprint density at radius 3 is 2.76 bits per heavy atom. The van der Waals surface area contributed by atoms with E-state index >= 15 is 0 Å². The van der Waals surface area contributed by atoms with Crippen molar-refractivity contribution in [2.24, 2.45) is 0 Å². The Kier molecular flexibility index (Phi) is 3.60. The number of nitrogens with one attached hydrogen (secondary N) is 1. The number of benzene rings is 1. The molecule has 1 aromatic heterocycles. The Morgan fingerprint density at radius 1 is 1.18 bits per heavy atom. The van der Waals surface area contributed by atoms with Gasteiger partial charge in [0.2, 0.25) is 0 Å². The standard InChI is InChI=1S/C14H16N2O/c1-11-6-5-9-15-13(11)10-16-12-7-3-4-8-14(12)17-2/h3-9,16H,10H2,1-2H3. The molecule has 88 valence electrons. The van der Waals surface area contributed by atoms with Crippen LogP contribution in [0.5, 0.6) is 5.75 Å². The van der Waals surface area contributed by atoms with E-state index in [0.717, 1.165) is 17.1 Å². The molecule has 0 radical (unpaired) electrons. The van der Waals surface area contributed by atoms with E-state index in [9.17, 15) is 0 Å². The average Bonchev–Trinajstić information content (AvgIpc) is 2.38. The molecule has 0 atom stereocenters. The van der Waals surface area contributed by atoms with Crippen molar-refractivity contribution in [1.82, 2.24) is 4.98 Å². The van der Waals surface area contributed by atoms with Gasteiger partial charge >= 0.3 is 0 Å². The topological polar surface area (TPSA) is 34.1 Å². The quantitative estimate of drug-likeness (QED) is 0.873. The van der Waals surface area contributed by atoms with Gasteiger partial charge in [-0.1, -0.05) is 18.2 Å². The second kappa shape index (κ2) is 5.34. The molecule has 0 amide bonds. The summed E-state index contributed by atoms with van der Waals surface area (Å²) in [5, 5.41) is 3.33. The predicted molar refractivity (Wildman–Crippen MR) is 69.3 cm³/mol. The van der Waals surface area contributed by atoms with E-state index in [1.165, 1.54) is 5.56 Å². The van der Waals surface area contributed by atoms with Crippen molar-refractivity contribution in [2.75, 3.05) is 12.4 Å². The number of para-hydroxylation sites is 2. The lowest BCUT2D eigenvalue weighted by molar-refractivity contribution is 0.416. The summed E-state index contributed by atoms with van der Waals surface area (Å²) in [6.07, 6.45) is 1.81. The highest BCUT2D eigenvalue weighted by Crippen LogP contribution is 2.23. The van der Waals surface area contributed by atoms with Gasteiger partial charge in [-0.3, -0.25) is 4.98 Å². The van der Waals surface area contributed by atoms with Crippen molar-refractivity contribution < 1.29 is 4.74 Å². The molecule has 0 unspecified atom stereocenters. The van der Waals surface area contributed by atoms with Crippen LogP contribution in [0.3, 0.4) is 0 Å². The largest absolute Gasteiger partial charge is 0.495 e. The molecule has 2 aromatic rings. The molecule has 1 heterocycles. The number of ether oxygens (including phenoxy) is 1. The molecule has 0 fully saturated rings. The molecule has 1 N–H and O–H groups in total. The average molecular weight is 228 g/mol. The normalized spacial score (nSPS) is 10.0. The molecular weight excluding hydrogens is 212 g/mol. The minimum atomic E-state index is 0.701. The summed E-state index contributed by atoms with van der Waals surface area (Å²) in [6, 6.07) is 11.9. The van der Waals surface area contributed by atoms with Crippen molar-refractivity contribution in [3.8, 4) is 5.75 Å². The number of rotatable bonds is 4. The number of hydrogen-bond donors (Lipinski definition) is 1. The summed E-state index contributed by atoms with van der Waals surface area (Å²) in [7, 11) is 1.67. The van der Waals surface area contributed by atoms with Crippen LogP contribution < -0.4 is 10.1 Å². The van der Waals surface area contributed by atoms with Crippen LogP contribution in [0.4, 0.5) is 5.69 Å². The molecule has 3 nitrogen and oxygen atoms in total. The van der Waals surface area contributed by atoms with Crippen LogP contribution >= 0.6 is 0 Å². The van der Waals surface area contributed by atoms with Crippen molar-refractivity contribution in [2.45, 2.75) is 13.5 Å². The lowest BCUT2D eigenvalue weighted by atomic mass is 10.2. The van der Waals surface area contributed by atoms with E-state index < -0.39 is 0 Å². The zero-order valence-corrected chi connectivity index (χ0v) is 10.1. The number of hydrogen-bond acceptors (Lipinski definition) is 3. The zero-order chi connectivity index (χ0) is 12.1. The number of nitrogens with zero attached hydrogens (tertiary/aromatic N) is 1. The highest BCUT2D eigenvalue weighted by Gasteiger charge is 2.02.